The van der Waals surface area contributed by atoms with Crippen LogP contribution in [0.15, 0.2) is 18.2 Å². The second kappa shape index (κ2) is 4.74. The average molecular weight is 264 g/mol. The second-order valence-corrected chi connectivity index (χ2v) is 5.52. The number of carbonyl (C=O) groups is 1. The quantitative estimate of drug-likeness (QED) is 0.764. The van der Waals surface area contributed by atoms with Crippen molar-refractivity contribution in [2.24, 2.45) is 11.1 Å². The van der Waals surface area contributed by atoms with Gasteiger partial charge in [0.25, 0.3) is 0 Å². The summed E-state index contributed by atoms with van der Waals surface area (Å²) in [6.07, 6.45) is 0.00449. The maximum atomic E-state index is 11.4. The van der Waals surface area contributed by atoms with Crippen LogP contribution in [0.2, 0.25) is 0 Å². The SMILES string of the molecule is CC(O)c1ccc(N2CCC(C)(C(N)=O)C2)cc1O. The van der Waals surface area contributed by atoms with E-state index in [0.717, 1.165) is 12.2 Å². The summed E-state index contributed by atoms with van der Waals surface area (Å²) in [4.78, 5) is 13.4. The van der Waals surface area contributed by atoms with Gasteiger partial charge in [-0.15, -0.1) is 0 Å². The van der Waals surface area contributed by atoms with E-state index in [1.807, 2.05) is 17.9 Å². The van der Waals surface area contributed by atoms with Crippen molar-refractivity contribution in [1.29, 1.82) is 0 Å². The number of nitrogens with two attached hydrogens (primary N) is 1. The maximum absolute atomic E-state index is 11.4. The molecule has 2 atom stereocenters. The third kappa shape index (κ3) is 2.51. The van der Waals surface area contributed by atoms with Crippen LogP contribution >= 0.6 is 0 Å². The van der Waals surface area contributed by atoms with Gasteiger partial charge in [0.05, 0.1) is 11.5 Å². The van der Waals surface area contributed by atoms with E-state index in [0.29, 0.717) is 18.5 Å². The number of nitrogens with zero attached hydrogens (tertiary/aromatic N) is 1. The lowest BCUT2D eigenvalue weighted by molar-refractivity contribution is -0.125. The van der Waals surface area contributed by atoms with Gasteiger partial charge in [0.1, 0.15) is 5.75 Å². The molecule has 5 heteroatoms. The lowest BCUT2D eigenvalue weighted by atomic mass is 9.89. The summed E-state index contributed by atoms with van der Waals surface area (Å²) in [5.41, 5.74) is 6.24. The lowest BCUT2D eigenvalue weighted by Crippen LogP contribution is -2.37. The van der Waals surface area contributed by atoms with Crippen molar-refractivity contribution < 1.29 is 15.0 Å². The molecule has 1 aromatic carbocycles. The normalized spacial score (nSPS) is 24.5. The van der Waals surface area contributed by atoms with Crippen LogP contribution in [0, 0.1) is 5.41 Å². The van der Waals surface area contributed by atoms with Crippen molar-refractivity contribution in [2.45, 2.75) is 26.4 Å². The highest BCUT2D eigenvalue weighted by molar-refractivity contribution is 5.82. The van der Waals surface area contributed by atoms with E-state index < -0.39 is 11.5 Å². The Morgan fingerprint density at radius 3 is 2.68 bits per heavy atom. The monoisotopic (exact) mass is 264 g/mol. The smallest absolute Gasteiger partial charge is 0.225 e. The Balaban J connectivity index is 2.21. The molecule has 0 spiro atoms. The largest absolute Gasteiger partial charge is 0.507 e. The molecular weight excluding hydrogens is 244 g/mol. The molecule has 0 saturated carbocycles. The van der Waals surface area contributed by atoms with Crippen LogP contribution in [-0.4, -0.2) is 29.2 Å². The van der Waals surface area contributed by atoms with Gasteiger partial charge >= 0.3 is 0 Å². The molecule has 1 amide bonds. The molecule has 104 valence electrons. The van der Waals surface area contributed by atoms with Crippen molar-refractivity contribution >= 4 is 11.6 Å². The predicted octanol–water partition coefficient (Wildman–Crippen LogP) is 1.15. The number of aromatic hydroxyl groups is 1. The van der Waals surface area contributed by atoms with Gasteiger partial charge in [-0.3, -0.25) is 4.79 Å². The van der Waals surface area contributed by atoms with Crippen LogP contribution in [0.4, 0.5) is 5.69 Å². The summed E-state index contributed by atoms with van der Waals surface area (Å²) in [5.74, 6) is -0.222. The van der Waals surface area contributed by atoms with E-state index in [4.69, 9.17) is 5.73 Å². The summed E-state index contributed by atoms with van der Waals surface area (Å²) in [6.45, 7) is 4.75. The molecule has 1 aromatic rings. The van der Waals surface area contributed by atoms with E-state index in [1.54, 1.807) is 19.1 Å². The molecule has 0 aliphatic carbocycles. The fourth-order valence-corrected chi connectivity index (χ4v) is 2.46. The highest BCUT2D eigenvalue weighted by Crippen LogP contribution is 2.35. The molecule has 2 rings (SSSR count). The van der Waals surface area contributed by atoms with Gasteiger partial charge in [0.15, 0.2) is 0 Å². The molecule has 1 saturated heterocycles. The highest BCUT2D eigenvalue weighted by atomic mass is 16.3. The van der Waals surface area contributed by atoms with Crippen LogP contribution in [0.1, 0.15) is 31.9 Å². The number of carbonyl (C=O) groups excluding carboxylic acids is 1. The van der Waals surface area contributed by atoms with Crippen molar-refractivity contribution in [1.82, 2.24) is 0 Å². The average Bonchev–Trinajstić information content (AvgIpc) is 2.73. The number of anilines is 1. The molecule has 1 aliphatic rings. The topological polar surface area (TPSA) is 86.8 Å². The van der Waals surface area contributed by atoms with Crippen molar-refractivity contribution in [3.05, 3.63) is 23.8 Å². The zero-order chi connectivity index (χ0) is 14.2. The van der Waals surface area contributed by atoms with Gasteiger partial charge in [-0.2, -0.15) is 0 Å². The number of phenolic OH excluding ortho intramolecular Hbond substituents is 1. The first-order valence-corrected chi connectivity index (χ1v) is 6.39. The van der Waals surface area contributed by atoms with Gasteiger partial charge < -0.3 is 20.8 Å². The Kier molecular flexibility index (Phi) is 3.41. The molecule has 1 heterocycles. The van der Waals surface area contributed by atoms with Crippen molar-refractivity contribution in [3.63, 3.8) is 0 Å². The van der Waals surface area contributed by atoms with Gasteiger partial charge in [0.2, 0.25) is 5.91 Å². The molecule has 1 aliphatic heterocycles. The first-order valence-electron chi connectivity index (χ1n) is 6.39. The molecule has 5 nitrogen and oxygen atoms in total. The Bertz CT molecular complexity index is 501. The van der Waals surface area contributed by atoms with E-state index in [1.165, 1.54) is 0 Å². The summed E-state index contributed by atoms with van der Waals surface area (Å²) in [7, 11) is 0. The van der Waals surface area contributed by atoms with Crippen LogP contribution in [0.5, 0.6) is 5.75 Å². The van der Waals surface area contributed by atoms with Crippen molar-refractivity contribution in [3.8, 4) is 5.75 Å². The molecule has 1 fully saturated rings. The Morgan fingerprint density at radius 1 is 1.53 bits per heavy atom. The Hall–Kier alpha value is -1.75. The molecule has 19 heavy (non-hydrogen) atoms. The van der Waals surface area contributed by atoms with Gasteiger partial charge in [-0.1, -0.05) is 6.07 Å². The van der Waals surface area contributed by atoms with Gasteiger partial charge in [-0.25, -0.2) is 0 Å². The summed E-state index contributed by atoms with van der Waals surface area (Å²) < 4.78 is 0. The predicted molar refractivity (Wildman–Crippen MR) is 72.9 cm³/mol. The highest BCUT2D eigenvalue weighted by Gasteiger charge is 2.39. The number of aliphatic hydroxyl groups is 1. The number of benzene rings is 1. The van der Waals surface area contributed by atoms with E-state index >= 15 is 0 Å². The number of hydrogen-bond donors (Lipinski definition) is 3. The van der Waals surface area contributed by atoms with Crippen LogP contribution in [-0.2, 0) is 4.79 Å². The van der Waals surface area contributed by atoms with Crippen molar-refractivity contribution in [2.75, 3.05) is 18.0 Å². The molecular formula is C14H20N2O3. The second-order valence-electron chi connectivity index (χ2n) is 5.52. The Labute approximate surface area is 112 Å². The third-order valence-electron chi connectivity index (χ3n) is 3.90. The zero-order valence-corrected chi connectivity index (χ0v) is 11.3. The molecule has 4 N–H and O–H groups in total. The number of rotatable bonds is 3. The minimum Gasteiger partial charge on any atom is -0.507 e. The van der Waals surface area contributed by atoms with E-state index in [-0.39, 0.29) is 11.7 Å². The Morgan fingerprint density at radius 2 is 2.21 bits per heavy atom. The molecule has 0 bridgehead atoms. The third-order valence-corrected chi connectivity index (χ3v) is 3.90. The fraction of sp³-hybridized carbons (Fsp3) is 0.500. The number of amides is 1. The molecule has 0 radical (unpaired) electrons. The maximum Gasteiger partial charge on any atom is 0.225 e. The van der Waals surface area contributed by atoms with Crippen LogP contribution in [0.3, 0.4) is 0 Å². The summed E-state index contributed by atoms with van der Waals surface area (Å²) in [6, 6.07) is 5.17. The van der Waals surface area contributed by atoms with Gasteiger partial charge in [0, 0.05) is 30.4 Å². The minimum absolute atomic E-state index is 0.0696. The number of phenols is 1. The first kappa shape index (κ1) is 13.7. The zero-order valence-electron chi connectivity index (χ0n) is 11.3. The molecule has 2 unspecified atom stereocenters. The summed E-state index contributed by atoms with van der Waals surface area (Å²) >= 11 is 0. The van der Waals surface area contributed by atoms with E-state index in [9.17, 15) is 15.0 Å². The van der Waals surface area contributed by atoms with E-state index in [2.05, 4.69) is 0 Å². The first-order chi connectivity index (χ1) is 8.83. The standard InChI is InChI=1S/C14H20N2O3/c1-9(17)11-4-3-10(7-12(11)18)16-6-5-14(2,8-16)13(15)19/h3-4,7,9,17-18H,5-6,8H2,1-2H3,(H2,15,19). The minimum atomic E-state index is -0.705. The summed E-state index contributed by atoms with van der Waals surface area (Å²) in [5, 5.41) is 19.4. The van der Waals surface area contributed by atoms with Crippen LogP contribution in [0.25, 0.3) is 0 Å². The number of primary amides is 1. The fourth-order valence-electron chi connectivity index (χ4n) is 2.46. The van der Waals surface area contributed by atoms with Crippen LogP contribution < -0.4 is 10.6 Å². The number of hydrogen-bond acceptors (Lipinski definition) is 4. The molecule has 0 aromatic heterocycles. The van der Waals surface area contributed by atoms with Gasteiger partial charge in [-0.05, 0) is 26.3 Å². The number of aliphatic hydroxyl groups excluding tert-OH is 1. The lowest BCUT2D eigenvalue weighted by Gasteiger charge is -2.23.